The van der Waals surface area contributed by atoms with Crippen LogP contribution >= 0.6 is 35.3 Å². The van der Waals surface area contributed by atoms with E-state index in [4.69, 9.17) is 4.74 Å². The molecule has 0 atom stereocenters. The van der Waals surface area contributed by atoms with E-state index < -0.39 is 0 Å². The number of hydrogen-bond donors (Lipinski definition) is 2. The summed E-state index contributed by atoms with van der Waals surface area (Å²) in [6.07, 6.45) is 5.29. The van der Waals surface area contributed by atoms with Crippen molar-refractivity contribution in [2.24, 2.45) is 4.99 Å². The van der Waals surface area contributed by atoms with Crippen LogP contribution in [0.2, 0.25) is 0 Å². The second kappa shape index (κ2) is 9.49. The van der Waals surface area contributed by atoms with Crippen molar-refractivity contribution in [3.63, 3.8) is 0 Å². The molecule has 1 aromatic rings. The lowest BCUT2D eigenvalue weighted by molar-refractivity contribution is 0.195. The van der Waals surface area contributed by atoms with Crippen LogP contribution in [0.5, 0.6) is 0 Å². The molecule has 2 rings (SSSR count). The van der Waals surface area contributed by atoms with Crippen LogP contribution in [0.4, 0.5) is 0 Å². The molecule has 0 aromatic carbocycles. The van der Waals surface area contributed by atoms with Crippen LogP contribution in [-0.4, -0.2) is 37.2 Å². The number of hydrogen-bond acceptors (Lipinski definition) is 4. The molecule has 2 N–H and O–H groups in total. The van der Waals surface area contributed by atoms with Gasteiger partial charge in [0.25, 0.3) is 0 Å². The van der Waals surface area contributed by atoms with Crippen molar-refractivity contribution in [1.82, 2.24) is 15.6 Å². The number of rotatable bonds is 7. The van der Waals surface area contributed by atoms with E-state index in [0.29, 0.717) is 12.6 Å². The lowest BCUT2D eigenvalue weighted by Gasteiger charge is -2.11. The zero-order chi connectivity index (χ0) is 12.6. The van der Waals surface area contributed by atoms with Gasteiger partial charge in [-0.2, -0.15) is 0 Å². The van der Waals surface area contributed by atoms with Crippen molar-refractivity contribution < 1.29 is 4.74 Å². The molecule has 0 unspecified atom stereocenters. The summed E-state index contributed by atoms with van der Waals surface area (Å²) in [7, 11) is 1.72. The highest BCUT2D eigenvalue weighted by atomic mass is 127. The summed E-state index contributed by atoms with van der Waals surface area (Å²) in [6.45, 7) is 2.30. The minimum absolute atomic E-state index is 0. The molecule has 0 amide bonds. The molecule has 1 saturated carbocycles. The number of thiazole rings is 1. The van der Waals surface area contributed by atoms with E-state index in [0.717, 1.165) is 30.5 Å². The van der Waals surface area contributed by atoms with Crippen molar-refractivity contribution in [2.75, 3.05) is 20.3 Å². The molecular formula is C12H21IN4OS. The molecule has 0 saturated heterocycles. The van der Waals surface area contributed by atoms with Gasteiger partial charge in [-0.1, -0.05) is 0 Å². The Morgan fingerprint density at radius 2 is 2.42 bits per heavy atom. The van der Waals surface area contributed by atoms with Crippen LogP contribution in [0.25, 0.3) is 0 Å². The van der Waals surface area contributed by atoms with E-state index in [1.165, 1.54) is 12.8 Å². The van der Waals surface area contributed by atoms with Gasteiger partial charge < -0.3 is 15.4 Å². The first kappa shape index (κ1) is 16.6. The monoisotopic (exact) mass is 396 g/mol. The average Bonchev–Trinajstić information content (AvgIpc) is 3.04. The smallest absolute Gasteiger partial charge is 0.191 e. The molecule has 1 aliphatic rings. The van der Waals surface area contributed by atoms with E-state index in [-0.39, 0.29) is 24.0 Å². The summed E-state index contributed by atoms with van der Waals surface area (Å²) in [5.74, 6) is 0.892. The molecule has 7 heteroatoms. The van der Waals surface area contributed by atoms with Gasteiger partial charge >= 0.3 is 0 Å². The highest BCUT2D eigenvalue weighted by Gasteiger charge is 2.22. The quantitative estimate of drug-likeness (QED) is 0.320. The number of ether oxygens (including phenoxy) is 1. The van der Waals surface area contributed by atoms with Gasteiger partial charge in [0, 0.05) is 37.9 Å². The SMILES string of the molecule is COCCCNC(=NCc1nccs1)NC1CC1.I. The van der Waals surface area contributed by atoms with E-state index >= 15 is 0 Å². The van der Waals surface area contributed by atoms with Gasteiger partial charge in [0.2, 0.25) is 0 Å². The van der Waals surface area contributed by atoms with Crippen LogP contribution in [-0.2, 0) is 11.3 Å². The van der Waals surface area contributed by atoms with Gasteiger partial charge in [0.15, 0.2) is 5.96 Å². The normalized spacial score (nSPS) is 14.9. The molecule has 1 heterocycles. The summed E-state index contributed by atoms with van der Waals surface area (Å²) in [5, 5.41) is 9.75. The Hall–Kier alpha value is -0.410. The lowest BCUT2D eigenvalue weighted by Crippen LogP contribution is -2.39. The molecule has 0 radical (unpaired) electrons. The second-order valence-corrected chi connectivity index (χ2v) is 5.26. The van der Waals surface area contributed by atoms with E-state index in [1.54, 1.807) is 18.4 Å². The number of nitrogens with zero attached hydrogens (tertiary/aromatic N) is 2. The first-order valence-corrected chi connectivity index (χ1v) is 7.18. The maximum Gasteiger partial charge on any atom is 0.191 e. The van der Waals surface area contributed by atoms with Crippen molar-refractivity contribution in [2.45, 2.75) is 31.8 Å². The number of aromatic nitrogens is 1. The maximum atomic E-state index is 5.03. The number of methoxy groups -OCH3 is 1. The standard InChI is InChI=1S/C12H20N4OS.HI/c1-17-7-2-5-14-12(16-10-3-4-10)15-9-11-13-6-8-18-11;/h6,8,10H,2-5,7,9H2,1H3,(H2,14,15,16);1H. The minimum atomic E-state index is 0. The van der Waals surface area contributed by atoms with Crippen LogP contribution in [0.15, 0.2) is 16.6 Å². The Bertz CT molecular complexity index is 368. The lowest BCUT2D eigenvalue weighted by atomic mass is 10.4. The summed E-state index contributed by atoms with van der Waals surface area (Å²) >= 11 is 1.64. The molecule has 5 nitrogen and oxygen atoms in total. The van der Waals surface area contributed by atoms with Crippen LogP contribution in [0.3, 0.4) is 0 Å². The second-order valence-electron chi connectivity index (χ2n) is 4.28. The summed E-state index contributed by atoms with van der Waals surface area (Å²) in [4.78, 5) is 8.77. The zero-order valence-electron chi connectivity index (χ0n) is 11.1. The fraction of sp³-hybridized carbons (Fsp3) is 0.667. The van der Waals surface area contributed by atoms with Gasteiger partial charge in [-0.3, -0.25) is 0 Å². The van der Waals surface area contributed by atoms with Crippen molar-refractivity contribution in [1.29, 1.82) is 0 Å². The average molecular weight is 396 g/mol. The number of guanidine groups is 1. The Morgan fingerprint density at radius 1 is 1.58 bits per heavy atom. The molecule has 0 spiro atoms. The Balaban J connectivity index is 0.00000180. The summed E-state index contributed by atoms with van der Waals surface area (Å²) in [6, 6.07) is 0.606. The third-order valence-electron chi connectivity index (χ3n) is 2.59. The highest BCUT2D eigenvalue weighted by Crippen LogP contribution is 2.18. The van der Waals surface area contributed by atoms with Gasteiger partial charge in [-0.25, -0.2) is 9.98 Å². The summed E-state index contributed by atoms with van der Waals surface area (Å²) in [5.41, 5.74) is 0. The summed E-state index contributed by atoms with van der Waals surface area (Å²) < 4.78 is 5.03. The molecule has 0 bridgehead atoms. The van der Waals surface area contributed by atoms with Crippen molar-refractivity contribution in [3.8, 4) is 0 Å². The molecular weight excluding hydrogens is 375 g/mol. The molecule has 1 fully saturated rings. The van der Waals surface area contributed by atoms with Crippen molar-refractivity contribution >= 4 is 41.3 Å². The Labute approximate surface area is 135 Å². The Kier molecular flexibility index (Phi) is 8.31. The van der Waals surface area contributed by atoms with Gasteiger partial charge in [0.1, 0.15) is 5.01 Å². The fourth-order valence-corrected chi connectivity index (χ4v) is 2.01. The predicted octanol–water partition coefficient (Wildman–Crippen LogP) is 2.00. The third-order valence-corrected chi connectivity index (χ3v) is 3.36. The molecule has 108 valence electrons. The van der Waals surface area contributed by atoms with Gasteiger partial charge in [0.05, 0.1) is 6.54 Å². The first-order valence-electron chi connectivity index (χ1n) is 6.30. The topological polar surface area (TPSA) is 58.5 Å². The van der Waals surface area contributed by atoms with Crippen LogP contribution in [0, 0.1) is 0 Å². The number of halogens is 1. The highest BCUT2D eigenvalue weighted by molar-refractivity contribution is 14.0. The molecule has 19 heavy (non-hydrogen) atoms. The largest absolute Gasteiger partial charge is 0.385 e. The Morgan fingerprint density at radius 3 is 3.05 bits per heavy atom. The third kappa shape index (κ3) is 7.07. The zero-order valence-corrected chi connectivity index (χ0v) is 14.2. The van der Waals surface area contributed by atoms with E-state index in [2.05, 4.69) is 20.6 Å². The molecule has 1 aliphatic carbocycles. The number of aliphatic imine (C=N–C) groups is 1. The molecule has 1 aromatic heterocycles. The fourth-order valence-electron chi connectivity index (χ4n) is 1.47. The number of nitrogens with one attached hydrogen (secondary N) is 2. The van der Waals surface area contributed by atoms with E-state index in [1.807, 2.05) is 11.6 Å². The maximum absolute atomic E-state index is 5.03. The molecule has 0 aliphatic heterocycles. The van der Waals surface area contributed by atoms with E-state index in [9.17, 15) is 0 Å². The first-order chi connectivity index (χ1) is 8.88. The van der Waals surface area contributed by atoms with Crippen molar-refractivity contribution in [3.05, 3.63) is 16.6 Å². The van der Waals surface area contributed by atoms with Crippen LogP contribution < -0.4 is 10.6 Å². The van der Waals surface area contributed by atoms with Crippen LogP contribution in [0.1, 0.15) is 24.3 Å². The van der Waals surface area contributed by atoms with Gasteiger partial charge in [-0.05, 0) is 19.3 Å². The predicted molar refractivity (Wildman–Crippen MR) is 89.3 cm³/mol. The van der Waals surface area contributed by atoms with Gasteiger partial charge in [-0.15, -0.1) is 35.3 Å². The minimum Gasteiger partial charge on any atom is -0.385 e.